The third-order valence-electron chi connectivity index (χ3n) is 4.22. The molecule has 2 N–H and O–H groups in total. The second-order valence-electron chi connectivity index (χ2n) is 6.47. The molecule has 154 valence electrons. The van der Waals surface area contributed by atoms with Gasteiger partial charge in [-0.1, -0.05) is 23.7 Å². The summed E-state index contributed by atoms with van der Waals surface area (Å²) in [7, 11) is 1.58. The highest BCUT2D eigenvalue weighted by Crippen LogP contribution is 2.27. The fourth-order valence-corrected chi connectivity index (χ4v) is 3.78. The Hall–Kier alpha value is -2.96. The van der Waals surface area contributed by atoms with Crippen molar-refractivity contribution in [3.05, 3.63) is 83.4 Å². The molecule has 30 heavy (non-hydrogen) atoms. The van der Waals surface area contributed by atoms with E-state index < -0.39 is 0 Å². The van der Waals surface area contributed by atoms with Crippen LogP contribution in [0.4, 0.5) is 11.4 Å². The number of benzene rings is 3. The molecule has 0 aliphatic carbocycles. The average molecular weight is 441 g/mol. The predicted octanol–water partition coefficient (Wildman–Crippen LogP) is 5.72. The molecule has 3 rings (SSSR count). The fourth-order valence-electron chi connectivity index (χ4n) is 2.66. The summed E-state index contributed by atoms with van der Waals surface area (Å²) in [5.74, 6) is 0.344. The van der Waals surface area contributed by atoms with Gasteiger partial charge in [0.15, 0.2) is 0 Å². The van der Waals surface area contributed by atoms with Crippen molar-refractivity contribution in [3.63, 3.8) is 0 Å². The first-order valence-electron chi connectivity index (χ1n) is 9.23. The highest BCUT2D eigenvalue weighted by molar-refractivity contribution is 8.00. The molecule has 0 heterocycles. The molecule has 0 aromatic heterocycles. The summed E-state index contributed by atoms with van der Waals surface area (Å²) in [5.41, 5.74) is 1.84. The van der Waals surface area contributed by atoms with E-state index in [9.17, 15) is 9.59 Å². The largest absolute Gasteiger partial charge is 0.497 e. The molecule has 3 aromatic rings. The van der Waals surface area contributed by atoms with Crippen LogP contribution in [-0.2, 0) is 4.79 Å². The van der Waals surface area contributed by atoms with Crippen molar-refractivity contribution in [2.75, 3.05) is 17.7 Å². The van der Waals surface area contributed by atoms with Gasteiger partial charge in [0.05, 0.1) is 12.4 Å². The van der Waals surface area contributed by atoms with E-state index >= 15 is 0 Å². The molecule has 3 aromatic carbocycles. The maximum absolute atomic E-state index is 12.5. The van der Waals surface area contributed by atoms with Crippen LogP contribution in [0.25, 0.3) is 0 Å². The topological polar surface area (TPSA) is 67.4 Å². The summed E-state index contributed by atoms with van der Waals surface area (Å²) >= 11 is 7.36. The van der Waals surface area contributed by atoms with Gasteiger partial charge in [0.25, 0.3) is 5.91 Å². The number of hydrogen-bond donors (Lipinski definition) is 2. The van der Waals surface area contributed by atoms with Crippen LogP contribution in [0.5, 0.6) is 5.75 Å². The Kier molecular flexibility index (Phi) is 7.38. The van der Waals surface area contributed by atoms with Crippen molar-refractivity contribution in [2.24, 2.45) is 0 Å². The highest BCUT2D eigenvalue weighted by Gasteiger charge is 2.15. The number of amides is 2. The van der Waals surface area contributed by atoms with E-state index in [4.69, 9.17) is 16.3 Å². The molecular formula is C23H21ClN2O3S. The van der Waals surface area contributed by atoms with E-state index in [-0.39, 0.29) is 17.1 Å². The molecule has 0 saturated carbocycles. The molecule has 7 heteroatoms. The Labute approximate surface area is 184 Å². The lowest BCUT2D eigenvalue weighted by Gasteiger charge is -2.13. The van der Waals surface area contributed by atoms with Crippen molar-refractivity contribution in [3.8, 4) is 5.75 Å². The van der Waals surface area contributed by atoms with Gasteiger partial charge in [0.2, 0.25) is 5.91 Å². The van der Waals surface area contributed by atoms with Gasteiger partial charge in [0, 0.05) is 26.9 Å². The summed E-state index contributed by atoms with van der Waals surface area (Å²) in [6.07, 6.45) is 0. The lowest BCUT2D eigenvalue weighted by molar-refractivity contribution is -0.115. The first-order valence-corrected chi connectivity index (χ1v) is 10.5. The molecule has 0 aliphatic heterocycles. The van der Waals surface area contributed by atoms with Crippen LogP contribution in [-0.4, -0.2) is 24.2 Å². The zero-order valence-electron chi connectivity index (χ0n) is 16.5. The smallest absolute Gasteiger partial charge is 0.255 e. The summed E-state index contributed by atoms with van der Waals surface area (Å²) in [6, 6.07) is 21.3. The quantitative estimate of drug-likeness (QED) is 0.461. The normalized spacial score (nSPS) is 11.4. The molecule has 0 bridgehead atoms. The van der Waals surface area contributed by atoms with Crippen LogP contribution >= 0.6 is 23.4 Å². The van der Waals surface area contributed by atoms with E-state index in [2.05, 4.69) is 10.6 Å². The SMILES string of the molecule is COc1ccc(C(=O)Nc2cccc(SC(C)C(=O)Nc3cccc(Cl)c3)c2)cc1. The summed E-state index contributed by atoms with van der Waals surface area (Å²) in [5, 5.41) is 5.96. The number of nitrogens with one attached hydrogen (secondary N) is 2. The Morgan fingerprint density at radius 2 is 1.60 bits per heavy atom. The molecule has 1 atom stereocenters. The van der Waals surface area contributed by atoms with Gasteiger partial charge in [-0.05, 0) is 67.6 Å². The van der Waals surface area contributed by atoms with Gasteiger partial charge in [0.1, 0.15) is 5.75 Å². The lowest BCUT2D eigenvalue weighted by atomic mass is 10.2. The van der Waals surface area contributed by atoms with Gasteiger partial charge in [-0.2, -0.15) is 0 Å². The number of ether oxygens (including phenoxy) is 1. The van der Waals surface area contributed by atoms with Crippen LogP contribution in [0.2, 0.25) is 5.02 Å². The zero-order chi connectivity index (χ0) is 21.5. The zero-order valence-corrected chi connectivity index (χ0v) is 18.1. The van der Waals surface area contributed by atoms with E-state index in [1.54, 1.807) is 55.6 Å². The molecule has 0 aliphatic rings. The Balaban J connectivity index is 1.61. The lowest BCUT2D eigenvalue weighted by Crippen LogP contribution is -2.22. The van der Waals surface area contributed by atoms with Crippen molar-refractivity contribution >= 4 is 46.6 Å². The number of halogens is 1. The average Bonchev–Trinajstić information content (AvgIpc) is 2.74. The van der Waals surface area contributed by atoms with E-state index in [0.717, 1.165) is 4.90 Å². The number of thioether (sulfide) groups is 1. The molecule has 5 nitrogen and oxygen atoms in total. The summed E-state index contributed by atoms with van der Waals surface area (Å²) < 4.78 is 5.11. The van der Waals surface area contributed by atoms with Crippen molar-refractivity contribution in [1.82, 2.24) is 0 Å². The van der Waals surface area contributed by atoms with Crippen LogP contribution < -0.4 is 15.4 Å². The standard InChI is InChI=1S/C23H21ClN2O3S/c1-15(22(27)25-18-6-3-5-17(24)13-18)30-21-8-4-7-19(14-21)26-23(28)16-9-11-20(29-2)12-10-16/h3-15H,1-2H3,(H,25,27)(H,26,28). The van der Waals surface area contributed by atoms with Crippen LogP contribution in [0.1, 0.15) is 17.3 Å². The van der Waals surface area contributed by atoms with Gasteiger partial charge in [-0.15, -0.1) is 11.8 Å². The van der Waals surface area contributed by atoms with Crippen LogP contribution in [0.3, 0.4) is 0 Å². The predicted molar refractivity (Wildman–Crippen MR) is 123 cm³/mol. The Morgan fingerprint density at radius 1 is 0.933 bits per heavy atom. The number of carbonyl (C=O) groups is 2. The van der Waals surface area contributed by atoms with Crippen LogP contribution in [0.15, 0.2) is 77.7 Å². The number of anilines is 2. The van der Waals surface area contributed by atoms with Crippen molar-refractivity contribution < 1.29 is 14.3 Å². The minimum atomic E-state index is -0.337. The highest BCUT2D eigenvalue weighted by atomic mass is 35.5. The third-order valence-corrected chi connectivity index (χ3v) is 5.55. The van der Waals surface area contributed by atoms with Crippen molar-refractivity contribution in [1.29, 1.82) is 0 Å². The Morgan fingerprint density at radius 3 is 2.27 bits per heavy atom. The number of carbonyl (C=O) groups excluding carboxylic acids is 2. The summed E-state index contributed by atoms with van der Waals surface area (Å²) in [4.78, 5) is 25.8. The molecule has 0 fully saturated rings. The van der Waals surface area contributed by atoms with Crippen molar-refractivity contribution in [2.45, 2.75) is 17.1 Å². The second kappa shape index (κ2) is 10.2. The molecular weight excluding hydrogens is 420 g/mol. The minimum absolute atomic E-state index is 0.130. The molecule has 2 amide bonds. The van der Waals surface area contributed by atoms with E-state index in [1.165, 1.54) is 11.8 Å². The maximum atomic E-state index is 12.5. The fraction of sp³-hybridized carbons (Fsp3) is 0.130. The van der Waals surface area contributed by atoms with E-state index in [0.29, 0.717) is 27.7 Å². The third kappa shape index (κ3) is 6.02. The Bertz CT molecular complexity index is 1040. The molecule has 0 spiro atoms. The first kappa shape index (κ1) is 21.7. The summed E-state index contributed by atoms with van der Waals surface area (Å²) in [6.45, 7) is 1.83. The molecule has 0 radical (unpaired) electrons. The first-order chi connectivity index (χ1) is 14.4. The molecule has 0 saturated heterocycles. The minimum Gasteiger partial charge on any atom is -0.497 e. The monoisotopic (exact) mass is 440 g/mol. The van der Waals surface area contributed by atoms with Gasteiger partial charge >= 0.3 is 0 Å². The number of hydrogen-bond acceptors (Lipinski definition) is 4. The van der Waals surface area contributed by atoms with E-state index in [1.807, 2.05) is 31.2 Å². The van der Waals surface area contributed by atoms with Gasteiger partial charge in [-0.3, -0.25) is 9.59 Å². The van der Waals surface area contributed by atoms with Crippen LogP contribution in [0, 0.1) is 0 Å². The van der Waals surface area contributed by atoms with Gasteiger partial charge in [-0.25, -0.2) is 0 Å². The molecule has 1 unspecified atom stereocenters. The number of rotatable bonds is 7. The van der Waals surface area contributed by atoms with Gasteiger partial charge < -0.3 is 15.4 Å². The maximum Gasteiger partial charge on any atom is 0.255 e. The second-order valence-corrected chi connectivity index (χ2v) is 8.32. The number of methoxy groups -OCH3 is 1.